The van der Waals surface area contributed by atoms with Crippen molar-refractivity contribution in [2.24, 2.45) is 5.73 Å². The molecule has 0 aliphatic rings. The molecule has 2 N–H and O–H groups in total. The monoisotopic (exact) mass is 245 g/mol. The van der Waals surface area contributed by atoms with E-state index < -0.39 is 0 Å². The van der Waals surface area contributed by atoms with E-state index in [9.17, 15) is 0 Å². The van der Waals surface area contributed by atoms with Gasteiger partial charge < -0.3 is 15.2 Å². The van der Waals surface area contributed by atoms with Gasteiger partial charge in [-0.25, -0.2) is 9.97 Å². The lowest BCUT2D eigenvalue weighted by Gasteiger charge is -2.07. The Bertz CT molecular complexity index is 517. The van der Waals surface area contributed by atoms with Crippen molar-refractivity contribution in [1.29, 1.82) is 0 Å². The second-order valence-corrected chi connectivity index (χ2v) is 3.58. The van der Waals surface area contributed by atoms with Gasteiger partial charge in [-0.2, -0.15) is 0 Å². The minimum Gasteiger partial charge on any atom is -0.478 e. The van der Waals surface area contributed by atoms with E-state index in [0.29, 0.717) is 30.7 Å². The predicted molar refractivity (Wildman–Crippen MR) is 67.6 cm³/mol. The number of aromatic nitrogens is 2. The molecular formula is C13H15N3O2. The standard InChI is InChI=1S/C13H15N3O2/c1-2-17-12-7-13(16-9-15-12)18-11-5-3-4-10(6-11)8-14/h3-7,9H,2,8,14H2,1H3. The molecule has 94 valence electrons. The number of rotatable bonds is 5. The highest BCUT2D eigenvalue weighted by Gasteiger charge is 2.02. The molecule has 5 heteroatoms. The fraction of sp³-hybridized carbons (Fsp3) is 0.231. The van der Waals surface area contributed by atoms with Crippen LogP contribution in [0.3, 0.4) is 0 Å². The Morgan fingerprint density at radius 2 is 2.00 bits per heavy atom. The van der Waals surface area contributed by atoms with Crippen molar-refractivity contribution in [1.82, 2.24) is 9.97 Å². The molecule has 2 aromatic rings. The maximum Gasteiger partial charge on any atom is 0.226 e. The molecule has 0 aliphatic carbocycles. The Morgan fingerprint density at radius 1 is 1.17 bits per heavy atom. The number of nitrogens with two attached hydrogens (primary N) is 1. The Kier molecular flexibility index (Phi) is 4.09. The zero-order valence-electron chi connectivity index (χ0n) is 10.2. The highest BCUT2D eigenvalue weighted by molar-refractivity contribution is 5.32. The molecular weight excluding hydrogens is 230 g/mol. The number of hydrogen-bond donors (Lipinski definition) is 1. The van der Waals surface area contributed by atoms with Gasteiger partial charge in [0.15, 0.2) is 0 Å². The first-order valence-electron chi connectivity index (χ1n) is 5.73. The average Bonchev–Trinajstić information content (AvgIpc) is 2.40. The Balaban J connectivity index is 2.14. The second kappa shape index (κ2) is 5.97. The molecule has 0 atom stereocenters. The molecule has 0 radical (unpaired) electrons. The van der Waals surface area contributed by atoms with Crippen molar-refractivity contribution < 1.29 is 9.47 Å². The van der Waals surface area contributed by atoms with E-state index in [4.69, 9.17) is 15.2 Å². The van der Waals surface area contributed by atoms with Crippen LogP contribution in [0.25, 0.3) is 0 Å². The van der Waals surface area contributed by atoms with E-state index in [1.165, 1.54) is 6.33 Å². The molecule has 1 heterocycles. The van der Waals surface area contributed by atoms with Gasteiger partial charge in [-0.15, -0.1) is 0 Å². The first-order chi connectivity index (χ1) is 8.81. The van der Waals surface area contributed by atoms with Crippen molar-refractivity contribution in [3.05, 3.63) is 42.2 Å². The van der Waals surface area contributed by atoms with Crippen molar-refractivity contribution in [2.75, 3.05) is 6.61 Å². The zero-order valence-corrected chi connectivity index (χ0v) is 10.2. The molecule has 1 aromatic carbocycles. The van der Waals surface area contributed by atoms with Gasteiger partial charge in [0.05, 0.1) is 12.7 Å². The molecule has 0 fully saturated rings. The van der Waals surface area contributed by atoms with Gasteiger partial charge in [0, 0.05) is 6.54 Å². The summed E-state index contributed by atoms with van der Waals surface area (Å²) in [6, 6.07) is 9.21. The Hall–Kier alpha value is -2.14. The van der Waals surface area contributed by atoms with E-state index in [0.717, 1.165) is 5.56 Å². The third-order valence-electron chi connectivity index (χ3n) is 2.27. The summed E-state index contributed by atoms with van der Waals surface area (Å²) in [6.07, 6.45) is 1.41. The van der Waals surface area contributed by atoms with E-state index in [1.807, 2.05) is 31.2 Å². The van der Waals surface area contributed by atoms with E-state index >= 15 is 0 Å². The van der Waals surface area contributed by atoms with Gasteiger partial charge in [-0.05, 0) is 24.6 Å². The van der Waals surface area contributed by atoms with Crippen LogP contribution in [-0.4, -0.2) is 16.6 Å². The first kappa shape index (κ1) is 12.3. The summed E-state index contributed by atoms with van der Waals surface area (Å²) in [5, 5.41) is 0. The quantitative estimate of drug-likeness (QED) is 0.873. The Labute approximate surface area is 106 Å². The normalized spacial score (nSPS) is 10.1. The molecule has 0 bridgehead atoms. The van der Waals surface area contributed by atoms with Gasteiger partial charge in [-0.1, -0.05) is 12.1 Å². The minimum absolute atomic E-state index is 0.447. The lowest BCUT2D eigenvalue weighted by atomic mass is 10.2. The van der Waals surface area contributed by atoms with Crippen LogP contribution in [0.5, 0.6) is 17.5 Å². The summed E-state index contributed by atoms with van der Waals surface area (Å²) in [5.41, 5.74) is 6.58. The first-order valence-corrected chi connectivity index (χ1v) is 5.73. The van der Waals surface area contributed by atoms with Gasteiger partial charge >= 0.3 is 0 Å². The third kappa shape index (κ3) is 3.18. The highest BCUT2D eigenvalue weighted by atomic mass is 16.5. The lowest BCUT2D eigenvalue weighted by molar-refractivity contribution is 0.322. The summed E-state index contributed by atoms with van der Waals surface area (Å²) in [7, 11) is 0. The largest absolute Gasteiger partial charge is 0.478 e. The van der Waals surface area contributed by atoms with Gasteiger partial charge in [0.25, 0.3) is 0 Å². The van der Waals surface area contributed by atoms with Gasteiger partial charge in [0.2, 0.25) is 11.8 Å². The van der Waals surface area contributed by atoms with Crippen molar-refractivity contribution >= 4 is 0 Å². The highest BCUT2D eigenvalue weighted by Crippen LogP contribution is 2.22. The summed E-state index contributed by atoms with van der Waals surface area (Å²) in [5.74, 6) is 1.64. The maximum atomic E-state index is 5.62. The molecule has 0 unspecified atom stereocenters. The van der Waals surface area contributed by atoms with E-state index in [2.05, 4.69) is 9.97 Å². The second-order valence-electron chi connectivity index (χ2n) is 3.58. The molecule has 1 aromatic heterocycles. The lowest BCUT2D eigenvalue weighted by Crippen LogP contribution is -1.98. The molecule has 0 saturated carbocycles. The molecule has 2 rings (SSSR count). The van der Waals surface area contributed by atoms with Crippen LogP contribution in [0.1, 0.15) is 12.5 Å². The molecule has 0 saturated heterocycles. The fourth-order valence-electron chi connectivity index (χ4n) is 1.46. The van der Waals surface area contributed by atoms with Gasteiger partial charge in [-0.3, -0.25) is 0 Å². The van der Waals surface area contributed by atoms with Crippen molar-refractivity contribution in [3.8, 4) is 17.5 Å². The Morgan fingerprint density at radius 3 is 2.78 bits per heavy atom. The van der Waals surface area contributed by atoms with Crippen LogP contribution in [0.2, 0.25) is 0 Å². The molecule has 5 nitrogen and oxygen atoms in total. The topological polar surface area (TPSA) is 70.3 Å². The number of hydrogen-bond acceptors (Lipinski definition) is 5. The van der Waals surface area contributed by atoms with Crippen molar-refractivity contribution in [2.45, 2.75) is 13.5 Å². The summed E-state index contributed by atoms with van der Waals surface area (Å²) >= 11 is 0. The maximum absolute atomic E-state index is 5.62. The molecule has 0 amide bonds. The number of benzene rings is 1. The number of ether oxygens (including phenoxy) is 2. The molecule has 0 spiro atoms. The van der Waals surface area contributed by atoms with Crippen molar-refractivity contribution in [3.63, 3.8) is 0 Å². The van der Waals surface area contributed by atoms with Gasteiger partial charge in [0.1, 0.15) is 12.1 Å². The van der Waals surface area contributed by atoms with E-state index in [1.54, 1.807) is 6.07 Å². The molecule has 18 heavy (non-hydrogen) atoms. The van der Waals surface area contributed by atoms with Crippen LogP contribution in [0.15, 0.2) is 36.7 Å². The molecule has 0 aliphatic heterocycles. The van der Waals surface area contributed by atoms with Crippen LogP contribution in [-0.2, 0) is 6.54 Å². The third-order valence-corrected chi connectivity index (χ3v) is 2.27. The minimum atomic E-state index is 0.447. The zero-order chi connectivity index (χ0) is 12.8. The SMILES string of the molecule is CCOc1cc(Oc2cccc(CN)c2)ncn1. The average molecular weight is 245 g/mol. The number of nitrogens with zero attached hydrogens (tertiary/aromatic N) is 2. The summed E-state index contributed by atoms with van der Waals surface area (Å²) in [4.78, 5) is 8.00. The summed E-state index contributed by atoms with van der Waals surface area (Å²) < 4.78 is 10.9. The fourth-order valence-corrected chi connectivity index (χ4v) is 1.46. The predicted octanol–water partition coefficient (Wildman–Crippen LogP) is 2.13. The van der Waals surface area contributed by atoms with Crippen LogP contribution >= 0.6 is 0 Å². The van der Waals surface area contributed by atoms with Crippen LogP contribution in [0.4, 0.5) is 0 Å². The smallest absolute Gasteiger partial charge is 0.226 e. The summed E-state index contributed by atoms with van der Waals surface area (Å²) in [6.45, 7) is 2.93. The van der Waals surface area contributed by atoms with E-state index in [-0.39, 0.29) is 0 Å². The van der Waals surface area contributed by atoms with Crippen LogP contribution < -0.4 is 15.2 Å². The van der Waals surface area contributed by atoms with Crippen LogP contribution in [0, 0.1) is 0 Å².